The lowest BCUT2D eigenvalue weighted by Crippen LogP contribution is -2.50. The highest BCUT2D eigenvalue weighted by Crippen LogP contribution is 2.23. The van der Waals surface area contributed by atoms with Gasteiger partial charge < -0.3 is 19.9 Å². The van der Waals surface area contributed by atoms with Crippen LogP contribution in [-0.2, 0) is 9.53 Å². The number of carbonyl (C=O) groups excluding carboxylic acids is 1. The van der Waals surface area contributed by atoms with E-state index in [2.05, 4.69) is 15.2 Å². The second kappa shape index (κ2) is 8.42. The van der Waals surface area contributed by atoms with Gasteiger partial charge in [0, 0.05) is 50.6 Å². The summed E-state index contributed by atoms with van der Waals surface area (Å²) >= 11 is 0. The fourth-order valence-electron chi connectivity index (χ4n) is 4.35. The fraction of sp³-hybridized carbons (Fsp3) is 0.750. The Bertz CT molecular complexity index is 648. The van der Waals surface area contributed by atoms with Crippen LogP contribution in [0.3, 0.4) is 0 Å². The van der Waals surface area contributed by atoms with Crippen molar-refractivity contribution in [1.82, 2.24) is 14.9 Å². The summed E-state index contributed by atoms with van der Waals surface area (Å²) in [6, 6.07) is 2.55. The van der Waals surface area contributed by atoms with Gasteiger partial charge in [-0.1, -0.05) is 19.3 Å². The van der Waals surface area contributed by atoms with Gasteiger partial charge in [-0.25, -0.2) is 4.98 Å². The summed E-state index contributed by atoms with van der Waals surface area (Å²) in [7, 11) is 0. The largest absolute Gasteiger partial charge is 0.381 e. The third-order valence-electron chi connectivity index (χ3n) is 5.97. The predicted molar refractivity (Wildman–Crippen MR) is 105 cm³/mol. The molecule has 0 bridgehead atoms. The molecule has 0 aromatic carbocycles. The number of nitrogens with one attached hydrogen (secondary N) is 1. The number of hydrogen-bond acceptors (Lipinski definition) is 6. The third kappa shape index (κ3) is 4.51. The molecule has 148 valence electrons. The minimum Gasteiger partial charge on any atom is -0.381 e. The van der Waals surface area contributed by atoms with Crippen LogP contribution in [0.1, 0.15) is 44.2 Å². The summed E-state index contributed by atoms with van der Waals surface area (Å²) in [5.41, 5.74) is 0.986. The topological polar surface area (TPSA) is 70.6 Å². The van der Waals surface area contributed by atoms with Gasteiger partial charge in [-0.2, -0.15) is 4.98 Å². The molecular formula is C20H31N5O2. The van der Waals surface area contributed by atoms with Crippen LogP contribution in [0.4, 0.5) is 11.8 Å². The highest BCUT2D eigenvalue weighted by atomic mass is 16.5. The number of rotatable bonds is 4. The number of anilines is 2. The van der Waals surface area contributed by atoms with Gasteiger partial charge in [0.2, 0.25) is 11.9 Å². The van der Waals surface area contributed by atoms with Gasteiger partial charge in [-0.15, -0.1) is 0 Å². The molecule has 27 heavy (non-hydrogen) atoms. The van der Waals surface area contributed by atoms with Crippen molar-refractivity contribution in [1.29, 1.82) is 0 Å². The molecule has 3 heterocycles. The van der Waals surface area contributed by atoms with Crippen LogP contribution in [0.25, 0.3) is 0 Å². The summed E-state index contributed by atoms with van der Waals surface area (Å²) in [6.07, 6.45) is 7.20. The zero-order chi connectivity index (χ0) is 18.6. The molecule has 0 radical (unpaired) electrons. The molecule has 1 N–H and O–H groups in total. The Morgan fingerprint density at radius 2 is 1.89 bits per heavy atom. The average Bonchev–Trinajstić information content (AvgIpc) is 3.23. The summed E-state index contributed by atoms with van der Waals surface area (Å²) in [4.78, 5) is 26.2. The van der Waals surface area contributed by atoms with E-state index in [4.69, 9.17) is 9.72 Å². The predicted octanol–water partition coefficient (Wildman–Crippen LogP) is 2.21. The number of carbonyl (C=O) groups is 1. The maximum atomic E-state index is 12.6. The van der Waals surface area contributed by atoms with E-state index < -0.39 is 0 Å². The maximum absolute atomic E-state index is 12.6. The first kappa shape index (κ1) is 18.5. The van der Waals surface area contributed by atoms with E-state index in [0.29, 0.717) is 19.3 Å². The molecule has 1 saturated carbocycles. The standard InChI is InChI=1S/C20H31N5O2/c1-15-13-18(23-20(21-15)22-17-5-3-2-4-6-17)24-8-10-25(11-9-24)19(26)16-7-12-27-14-16/h13,16-17H,2-12,14H2,1H3,(H,21,22,23). The van der Waals surface area contributed by atoms with Gasteiger partial charge in [0.1, 0.15) is 5.82 Å². The molecule has 2 saturated heterocycles. The maximum Gasteiger partial charge on any atom is 0.228 e. The van der Waals surface area contributed by atoms with Crippen LogP contribution < -0.4 is 10.2 Å². The van der Waals surface area contributed by atoms with E-state index in [1.807, 2.05) is 17.9 Å². The number of aryl methyl sites for hydroxylation is 1. The second-order valence-corrected chi connectivity index (χ2v) is 8.04. The van der Waals surface area contributed by atoms with Crippen molar-refractivity contribution in [3.63, 3.8) is 0 Å². The number of piperazine rings is 1. The van der Waals surface area contributed by atoms with Gasteiger partial charge in [-0.05, 0) is 26.2 Å². The molecule has 3 fully saturated rings. The molecular weight excluding hydrogens is 342 g/mol. The van der Waals surface area contributed by atoms with Crippen molar-refractivity contribution >= 4 is 17.7 Å². The summed E-state index contributed by atoms with van der Waals surface area (Å²) < 4.78 is 5.37. The zero-order valence-electron chi connectivity index (χ0n) is 16.3. The highest BCUT2D eigenvalue weighted by molar-refractivity contribution is 5.79. The Morgan fingerprint density at radius 3 is 2.59 bits per heavy atom. The Labute approximate surface area is 161 Å². The lowest BCUT2D eigenvalue weighted by atomic mass is 9.96. The minimum atomic E-state index is 0.0594. The van der Waals surface area contributed by atoms with Crippen molar-refractivity contribution in [3.8, 4) is 0 Å². The summed E-state index contributed by atoms with van der Waals surface area (Å²) in [5.74, 6) is 2.03. The molecule has 3 aliphatic rings. The highest BCUT2D eigenvalue weighted by Gasteiger charge is 2.30. The Kier molecular flexibility index (Phi) is 5.76. The lowest BCUT2D eigenvalue weighted by Gasteiger charge is -2.36. The van der Waals surface area contributed by atoms with Crippen molar-refractivity contribution in [2.75, 3.05) is 49.6 Å². The number of nitrogens with zero attached hydrogens (tertiary/aromatic N) is 4. The molecule has 1 aliphatic carbocycles. The van der Waals surface area contributed by atoms with Crippen LogP contribution in [0, 0.1) is 12.8 Å². The van der Waals surface area contributed by atoms with E-state index in [0.717, 1.165) is 50.1 Å². The van der Waals surface area contributed by atoms with E-state index >= 15 is 0 Å². The Balaban J connectivity index is 1.36. The fourth-order valence-corrected chi connectivity index (χ4v) is 4.35. The number of hydrogen-bond donors (Lipinski definition) is 1. The van der Waals surface area contributed by atoms with Gasteiger partial charge in [0.05, 0.1) is 12.5 Å². The summed E-state index contributed by atoms with van der Waals surface area (Å²) in [5, 5.41) is 3.54. The van der Waals surface area contributed by atoms with Crippen LogP contribution >= 0.6 is 0 Å². The molecule has 1 atom stereocenters. The second-order valence-electron chi connectivity index (χ2n) is 8.04. The SMILES string of the molecule is Cc1cc(N2CCN(C(=O)C3CCOC3)CC2)nc(NC2CCCCC2)n1. The van der Waals surface area contributed by atoms with Crippen LogP contribution in [-0.4, -0.2) is 66.2 Å². The smallest absolute Gasteiger partial charge is 0.228 e. The minimum absolute atomic E-state index is 0.0594. The monoisotopic (exact) mass is 373 g/mol. The zero-order valence-corrected chi connectivity index (χ0v) is 16.3. The van der Waals surface area contributed by atoms with E-state index in [9.17, 15) is 4.79 Å². The molecule has 7 heteroatoms. The molecule has 1 unspecified atom stereocenters. The first-order chi connectivity index (χ1) is 13.2. The van der Waals surface area contributed by atoms with Gasteiger partial charge in [0.15, 0.2) is 0 Å². The lowest BCUT2D eigenvalue weighted by molar-refractivity contribution is -0.135. The first-order valence-corrected chi connectivity index (χ1v) is 10.4. The molecule has 1 aromatic heterocycles. The van der Waals surface area contributed by atoms with Crippen molar-refractivity contribution < 1.29 is 9.53 Å². The summed E-state index contributed by atoms with van der Waals surface area (Å²) in [6.45, 7) is 6.47. The van der Waals surface area contributed by atoms with Crippen molar-refractivity contribution in [2.45, 2.75) is 51.5 Å². The van der Waals surface area contributed by atoms with E-state index in [1.165, 1.54) is 32.1 Å². The van der Waals surface area contributed by atoms with Crippen molar-refractivity contribution in [2.24, 2.45) is 5.92 Å². The molecule has 0 spiro atoms. The van der Waals surface area contributed by atoms with Gasteiger partial charge >= 0.3 is 0 Å². The molecule has 1 amide bonds. The molecule has 1 aromatic rings. The Morgan fingerprint density at radius 1 is 1.11 bits per heavy atom. The number of amides is 1. The number of ether oxygens (including phenoxy) is 1. The first-order valence-electron chi connectivity index (χ1n) is 10.4. The van der Waals surface area contributed by atoms with Gasteiger partial charge in [-0.3, -0.25) is 4.79 Å². The molecule has 7 nitrogen and oxygen atoms in total. The van der Waals surface area contributed by atoms with Crippen LogP contribution in [0.5, 0.6) is 0 Å². The van der Waals surface area contributed by atoms with E-state index in [1.54, 1.807) is 0 Å². The van der Waals surface area contributed by atoms with Crippen molar-refractivity contribution in [3.05, 3.63) is 11.8 Å². The molecule has 4 rings (SSSR count). The van der Waals surface area contributed by atoms with Crippen LogP contribution in [0.2, 0.25) is 0 Å². The Hall–Kier alpha value is -1.89. The quantitative estimate of drug-likeness (QED) is 0.873. The molecule has 2 aliphatic heterocycles. The van der Waals surface area contributed by atoms with Gasteiger partial charge in [0.25, 0.3) is 0 Å². The number of aromatic nitrogens is 2. The average molecular weight is 374 g/mol. The third-order valence-corrected chi connectivity index (χ3v) is 5.97. The van der Waals surface area contributed by atoms with Crippen LogP contribution in [0.15, 0.2) is 6.07 Å². The van der Waals surface area contributed by atoms with E-state index in [-0.39, 0.29) is 11.8 Å². The normalized spacial score (nSPS) is 24.3.